The Morgan fingerprint density at radius 2 is 2.04 bits per heavy atom. The summed E-state index contributed by atoms with van der Waals surface area (Å²) in [5, 5.41) is 6.83. The fourth-order valence-corrected chi connectivity index (χ4v) is 3.45. The van der Waals surface area contributed by atoms with Crippen molar-refractivity contribution in [2.24, 2.45) is 0 Å². The molecule has 27 heavy (non-hydrogen) atoms. The summed E-state index contributed by atoms with van der Waals surface area (Å²) in [7, 11) is 0. The quantitative estimate of drug-likeness (QED) is 0.648. The molecule has 1 aliphatic rings. The number of amides is 3. The monoisotopic (exact) mass is 366 g/mol. The summed E-state index contributed by atoms with van der Waals surface area (Å²) in [5.41, 5.74) is 3.50. The van der Waals surface area contributed by atoms with Crippen LogP contribution in [0.15, 0.2) is 47.1 Å². The number of carbonyl (C=O) groups excluding carboxylic acids is 2. The number of nitrogens with zero attached hydrogens (tertiary/aromatic N) is 1. The summed E-state index contributed by atoms with van der Waals surface area (Å²) in [6.07, 6.45) is 2.63. The Morgan fingerprint density at radius 3 is 2.89 bits per heavy atom. The van der Waals surface area contributed by atoms with E-state index >= 15 is 0 Å². The van der Waals surface area contributed by atoms with Crippen molar-refractivity contribution in [1.29, 1.82) is 0 Å². The van der Waals surface area contributed by atoms with Crippen LogP contribution >= 0.6 is 0 Å². The highest BCUT2D eigenvalue weighted by Crippen LogP contribution is 2.27. The molecular weight excluding hydrogens is 344 g/mol. The molecule has 7 nitrogen and oxygen atoms in total. The SMILES string of the molecule is O=C(CCNC(=O)N1CCc2c([nH]c3ccccc23)C1)NCc1ccco1. The van der Waals surface area contributed by atoms with Crippen LogP contribution in [-0.4, -0.2) is 34.9 Å². The second-order valence-corrected chi connectivity index (χ2v) is 6.64. The molecule has 0 unspecified atom stereocenters. The molecule has 4 rings (SSSR count). The van der Waals surface area contributed by atoms with Crippen LogP contribution in [0.3, 0.4) is 0 Å². The van der Waals surface area contributed by atoms with Gasteiger partial charge in [-0.05, 0) is 30.2 Å². The zero-order chi connectivity index (χ0) is 18.6. The van der Waals surface area contributed by atoms with Gasteiger partial charge in [0, 0.05) is 36.1 Å². The number of urea groups is 1. The Labute approximate surface area is 156 Å². The minimum absolute atomic E-state index is 0.122. The number of benzene rings is 1. The van der Waals surface area contributed by atoms with Gasteiger partial charge in [-0.15, -0.1) is 0 Å². The van der Waals surface area contributed by atoms with Crippen LogP contribution in [0.4, 0.5) is 4.79 Å². The fraction of sp³-hybridized carbons (Fsp3) is 0.300. The number of H-pyrrole nitrogens is 1. The van der Waals surface area contributed by atoms with Gasteiger partial charge in [0.05, 0.1) is 19.4 Å². The Kier molecular flexibility index (Phi) is 4.82. The molecule has 140 valence electrons. The van der Waals surface area contributed by atoms with Gasteiger partial charge in [-0.3, -0.25) is 4.79 Å². The Bertz CT molecular complexity index is 945. The summed E-state index contributed by atoms with van der Waals surface area (Å²) in [4.78, 5) is 29.4. The molecule has 7 heteroatoms. The lowest BCUT2D eigenvalue weighted by atomic mass is 10.0. The Balaban J connectivity index is 1.25. The van der Waals surface area contributed by atoms with E-state index in [1.807, 2.05) is 12.1 Å². The predicted octanol–water partition coefficient (Wildman–Crippen LogP) is 2.54. The van der Waals surface area contributed by atoms with Crippen LogP contribution in [-0.2, 0) is 24.3 Å². The molecule has 3 amide bonds. The van der Waals surface area contributed by atoms with Gasteiger partial charge in [-0.2, -0.15) is 0 Å². The number of hydrogen-bond donors (Lipinski definition) is 3. The lowest BCUT2D eigenvalue weighted by Gasteiger charge is -2.27. The van der Waals surface area contributed by atoms with Gasteiger partial charge >= 0.3 is 6.03 Å². The average molecular weight is 366 g/mol. The molecule has 3 N–H and O–H groups in total. The molecule has 0 fully saturated rings. The van der Waals surface area contributed by atoms with E-state index in [0.717, 1.165) is 17.6 Å². The molecule has 0 saturated heterocycles. The van der Waals surface area contributed by atoms with Crippen molar-refractivity contribution >= 4 is 22.8 Å². The smallest absolute Gasteiger partial charge is 0.317 e. The second kappa shape index (κ2) is 7.57. The third-order valence-electron chi connectivity index (χ3n) is 4.84. The largest absolute Gasteiger partial charge is 0.467 e. The first kappa shape index (κ1) is 17.2. The number of aromatic amines is 1. The zero-order valence-corrected chi connectivity index (χ0v) is 15.0. The molecule has 0 spiro atoms. The second-order valence-electron chi connectivity index (χ2n) is 6.64. The van der Waals surface area contributed by atoms with Gasteiger partial charge in [0.1, 0.15) is 5.76 Å². The molecule has 0 bridgehead atoms. The Morgan fingerprint density at radius 1 is 1.15 bits per heavy atom. The topological polar surface area (TPSA) is 90.4 Å². The summed E-state index contributed by atoms with van der Waals surface area (Å²) >= 11 is 0. The van der Waals surface area contributed by atoms with Crippen LogP contribution in [0.1, 0.15) is 23.4 Å². The molecule has 1 aliphatic heterocycles. The highest BCUT2D eigenvalue weighted by Gasteiger charge is 2.23. The van der Waals surface area contributed by atoms with Gasteiger partial charge < -0.3 is 24.9 Å². The lowest BCUT2D eigenvalue weighted by molar-refractivity contribution is -0.121. The van der Waals surface area contributed by atoms with E-state index in [9.17, 15) is 9.59 Å². The molecule has 3 heterocycles. The number of nitrogens with one attached hydrogen (secondary N) is 3. The number of furan rings is 1. The third-order valence-corrected chi connectivity index (χ3v) is 4.84. The van der Waals surface area contributed by atoms with E-state index in [1.165, 1.54) is 10.9 Å². The molecule has 1 aromatic carbocycles. The molecule has 0 saturated carbocycles. The number of fused-ring (bicyclic) bond motifs is 3. The fourth-order valence-electron chi connectivity index (χ4n) is 3.45. The minimum atomic E-state index is -0.141. The standard InChI is InChI=1S/C20H22N4O3/c25-19(22-12-14-4-3-11-27-14)7-9-21-20(26)24-10-8-16-15-5-1-2-6-17(15)23-18(16)13-24/h1-6,11,23H,7-10,12-13H2,(H,21,26)(H,22,25). The summed E-state index contributed by atoms with van der Waals surface area (Å²) in [6.45, 7) is 1.89. The molecule has 0 aliphatic carbocycles. The van der Waals surface area contributed by atoms with Gasteiger partial charge in [0.25, 0.3) is 0 Å². The van der Waals surface area contributed by atoms with Crippen LogP contribution in [0.5, 0.6) is 0 Å². The Hall–Kier alpha value is -3.22. The van der Waals surface area contributed by atoms with Crippen molar-refractivity contribution in [3.05, 3.63) is 59.7 Å². The lowest BCUT2D eigenvalue weighted by Crippen LogP contribution is -2.43. The minimum Gasteiger partial charge on any atom is -0.467 e. The maximum atomic E-state index is 12.4. The number of aromatic nitrogens is 1. The van der Waals surface area contributed by atoms with Crippen LogP contribution < -0.4 is 10.6 Å². The van der Waals surface area contributed by atoms with E-state index in [0.29, 0.717) is 31.9 Å². The predicted molar refractivity (Wildman–Crippen MR) is 101 cm³/mol. The maximum absolute atomic E-state index is 12.4. The number of rotatable bonds is 5. The number of hydrogen-bond acceptors (Lipinski definition) is 3. The maximum Gasteiger partial charge on any atom is 0.317 e. The van der Waals surface area contributed by atoms with Gasteiger partial charge in [-0.25, -0.2) is 4.79 Å². The summed E-state index contributed by atoms with van der Waals surface area (Å²) < 4.78 is 5.16. The van der Waals surface area contributed by atoms with E-state index in [2.05, 4.69) is 27.8 Å². The molecular formula is C20H22N4O3. The van der Waals surface area contributed by atoms with E-state index in [4.69, 9.17) is 4.42 Å². The number of para-hydroxylation sites is 1. The van der Waals surface area contributed by atoms with Crippen molar-refractivity contribution < 1.29 is 14.0 Å². The van der Waals surface area contributed by atoms with E-state index in [1.54, 1.807) is 23.3 Å². The number of carbonyl (C=O) groups is 2. The normalized spacial score (nSPS) is 13.4. The average Bonchev–Trinajstić information content (AvgIpc) is 3.33. The summed E-state index contributed by atoms with van der Waals surface area (Å²) in [6, 6.07) is 11.6. The van der Waals surface area contributed by atoms with Crippen molar-refractivity contribution in [1.82, 2.24) is 20.5 Å². The highest BCUT2D eigenvalue weighted by molar-refractivity contribution is 5.85. The van der Waals surface area contributed by atoms with Crippen molar-refractivity contribution in [3.63, 3.8) is 0 Å². The highest BCUT2D eigenvalue weighted by atomic mass is 16.3. The molecule has 0 radical (unpaired) electrons. The first-order valence-electron chi connectivity index (χ1n) is 9.11. The van der Waals surface area contributed by atoms with Gasteiger partial charge in [0.2, 0.25) is 5.91 Å². The van der Waals surface area contributed by atoms with Crippen molar-refractivity contribution in [3.8, 4) is 0 Å². The molecule has 0 atom stereocenters. The molecule has 3 aromatic rings. The first-order chi connectivity index (χ1) is 13.2. The van der Waals surface area contributed by atoms with Crippen LogP contribution in [0, 0.1) is 0 Å². The first-order valence-corrected chi connectivity index (χ1v) is 9.11. The van der Waals surface area contributed by atoms with Crippen LogP contribution in [0.2, 0.25) is 0 Å². The zero-order valence-electron chi connectivity index (χ0n) is 15.0. The van der Waals surface area contributed by atoms with Crippen molar-refractivity contribution in [2.75, 3.05) is 13.1 Å². The van der Waals surface area contributed by atoms with E-state index in [-0.39, 0.29) is 18.4 Å². The van der Waals surface area contributed by atoms with Gasteiger partial charge in [-0.1, -0.05) is 18.2 Å². The summed E-state index contributed by atoms with van der Waals surface area (Å²) in [5.74, 6) is 0.582. The third kappa shape index (κ3) is 3.81. The molecule has 2 aromatic heterocycles. The van der Waals surface area contributed by atoms with Crippen molar-refractivity contribution in [2.45, 2.75) is 25.9 Å². The van der Waals surface area contributed by atoms with Crippen LogP contribution in [0.25, 0.3) is 10.9 Å². The van der Waals surface area contributed by atoms with Gasteiger partial charge in [0.15, 0.2) is 0 Å². The van der Waals surface area contributed by atoms with E-state index < -0.39 is 0 Å².